The number of benzene rings is 2. The SMILES string of the molecule is CCc1ccc(C(C(=O)NCc2ccccc2)N(C(=O)C(CCSC)NC(=O)OC(C)(C)C)C2CC2)cc1. The summed E-state index contributed by atoms with van der Waals surface area (Å²) in [5.74, 6) is 0.187. The molecule has 1 aliphatic rings. The molecular formula is C30H41N3O4S. The minimum atomic E-state index is -0.804. The van der Waals surface area contributed by atoms with Gasteiger partial charge in [-0.3, -0.25) is 9.59 Å². The summed E-state index contributed by atoms with van der Waals surface area (Å²) in [6, 6.07) is 15.9. The van der Waals surface area contributed by atoms with Crippen LogP contribution in [-0.2, 0) is 27.3 Å². The van der Waals surface area contributed by atoms with Gasteiger partial charge in [0.25, 0.3) is 0 Å². The van der Waals surface area contributed by atoms with Gasteiger partial charge in [0, 0.05) is 12.6 Å². The van der Waals surface area contributed by atoms with Crippen molar-refractivity contribution in [3.63, 3.8) is 0 Å². The molecule has 38 heavy (non-hydrogen) atoms. The first-order valence-corrected chi connectivity index (χ1v) is 14.7. The number of ether oxygens (including phenoxy) is 1. The Morgan fingerprint density at radius 3 is 2.24 bits per heavy atom. The lowest BCUT2D eigenvalue weighted by atomic mass is 10.00. The summed E-state index contributed by atoms with van der Waals surface area (Å²) < 4.78 is 5.45. The molecule has 0 spiro atoms. The van der Waals surface area contributed by atoms with Crippen molar-refractivity contribution in [2.75, 3.05) is 12.0 Å². The Balaban J connectivity index is 1.92. The number of rotatable bonds is 12. The van der Waals surface area contributed by atoms with Crippen LogP contribution >= 0.6 is 11.8 Å². The molecule has 2 aromatic carbocycles. The monoisotopic (exact) mass is 539 g/mol. The zero-order valence-electron chi connectivity index (χ0n) is 23.2. The first-order valence-electron chi connectivity index (χ1n) is 13.3. The van der Waals surface area contributed by atoms with Gasteiger partial charge in [-0.1, -0.05) is 61.5 Å². The number of nitrogens with zero attached hydrogens (tertiary/aromatic N) is 1. The first kappa shape index (κ1) is 29.6. The van der Waals surface area contributed by atoms with E-state index in [1.54, 1.807) is 37.4 Å². The van der Waals surface area contributed by atoms with Crippen molar-refractivity contribution in [2.45, 2.75) is 83.6 Å². The van der Waals surface area contributed by atoms with Gasteiger partial charge in [-0.05, 0) is 75.2 Å². The van der Waals surface area contributed by atoms with Crippen LogP contribution in [0, 0.1) is 0 Å². The number of carbonyl (C=O) groups is 3. The largest absolute Gasteiger partial charge is 0.444 e. The van der Waals surface area contributed by atoms with Crippen LogP contribution in [0.25, 0.3) is 0 Å². The molecule has 0 aromatic heterocycles. The fraction of sp³-hybridized carbons (Fsp3) is 0.500. The number of hydrogen-bond acceptors (Lipinski definition) is 5. The fourth-order valence-electron chi connectivity index (χ4n) is 4.25. The highest BCUT2D eigenvalue weighted by molar-refractivity contribution is 7.98. The summed E-state index contributed by atoms with van der Waals surface area (Å²) >= 11 is 1.60. The molecular weight excluding hydrogens is 498 g/mol. The predicted molar refractivity (Wildman–Crippen MR) is 153 cm³/mol. The lowest BCUT2D eigenvalue weighted by molar-refractivity contribution is -0.143. The van der Waals surface area contributed by atoms with Crippen molar-refractivity contribution < 1.29 is 19.1 Å². The minimum Gasteiger partial charge on any atom is -0.444 e. The Labute approximate surface area is 231 Å². The molecule has 0 bridgehead atoms. The van der Waals surface area contributed by atoms with Gasteiger partial charge in [0.1, 0.15) is 17.7 Å². The van der Waals surface area contributed by atoms with Crippen LogP contribution in [0.3, 0.4) is 0 Å². The fourth-order valence-corrected chi connectivity index (χ4v) is 4.72. The number of amides is 3. The van der Waals surface area contributed by atoms with E-state index >= 15 is 0 Å². The van der Waals surface area contributed by atoms with E-state index in [0.717, 1.165) is 36.0 Å². The number of thioether (sulfide) groups is 1. The predicted octanol–water partition coefficient (Wildman–Crippen LogP) is 5.24. The summed E-state index contributed by atoms with van der Waals surface area (Å²) in [6.07, 6.45) is 4.29. The van der Waals surface area contributed by atoms with Crippen LogP contribution in [0.2, 0.25) is 0 Å². The van der Waals surface area contributed by atoms with E-state index in [2.05, 4.69) is 17.6 Å². The Morgan fingerprint density at radius 2 is 1.68 bits per heavy atom. The van der Waals surface area contributed by atoms with Crippen molar-refractivity contribution in [3.8, 4) is 0 Å². The number of nitrogens with one attached hydrogen (secondary N) is 2. The van der Waals surface area contributed by atoms with Crippen LogP contribution in [-0.4, -0.2) is 52.5 Å². The van der Waals surface area contributed by atoms with E-state index < -0.39 is 23.8 Å². The van der Waals surface area contributed by atoms with Crippen LogP contribution in [0.5, 0.6) is 0 Å². The van der Waals surface area contributed by atoms with Gasteiger partial charge in [0.05, 0.1) is 0 Å². The Kier molecular flexibility index (Phi) is 10.6. The summed E-state index contributed by atoms with van der Waals surface area (Å²) in [7, 11) is 0. The van der Waals surface area contributed by atoms with Crippen LogP contribution in [0.1, 0.15) is 69.7 Å². The Hall–Kier alpha value is -3.00. The lowest BCUT2D eigenvalue weighted by Gasteiger charge is -2.34. The topological polar surface area (TPSA) is 87.7 Å². The summed E-state index contributed by atoms with van der Waals surface area (Å²) in [5, 5.41) is 5.84. The highest BCUT2D eigenvalue weighted by Crippen LogP contribution is 2.36. The molecule has 2 atom stereocenters. The maximum Gasteiger partial charge on any atom is 0.408 e. The van der Waals surface area contributed by atoms with E-state index in [1.165, 1.54) is 0 Å². The maximum absolute atomic E-state index is 14.1. The molecule has 0 radical (unpaired) electrons. The van der Waals surface area contributed by atoms with Crippen molar-refractivity contribution >= 4 is 29.7 Å². The quantitative estimate of drug-likeness (QED) is 0.385. The molecule has 0 heterocycles. The Morgan fingerprint density at radius 1 is 1.03 bits per heavy atom. The van der Waals surface area contributed by atoms with Crippen LogP contribution < -0.4 is 10.6 Å². The molecule has 206 valence electrons. The molecule has 0 saturated heterocycles. The van der Waals surface area contributed by atoms with Crippen molar-refractivity contribution in [3.05, 3.63) is 71.3 Å². The third-order valence-corrected chi connectivity index (χ3v) is 6.98. The van der Waals surface area contributed by atoms with E-state index in [4.69, 9.17) is 4.74 Å². The van der Waals surface area contributed by atoms with Gasteiger partial charge in [0.15, 0.2) is 0 Å². The third-order valence-electron chi connectivity index (χ3n) is 6.33. The molecule has 1 fully saturated rings. The smallest absolute Gasteiger partial charge is 0.408 e. The van der Waals surface area contributed by atoms with E-state index in [1.807, 2.05) is 60.9 Å². The number of aryl methyl sites for hydroxylation is 1. The van der Waals surface area contributed by atoms with E-state index in [-0.39, 0.29) is 17.9 Å². The van der Waals surface area contributed by atoms with Gasteiger partial charge in [-0.2, -0.15) is 11.8 Å². The van der Waals surface area contributed by atoms with E-state index in [0.29, 0.717) is 18.7 Å². The standard InChI is InChI=1S/C30H41N3O4S/c1-6-21-12-14-23(15-13-21)26(27(34)31-20-22-10-8-7-9-11-22)33(24-16-17-24)28(35)25(18-19-38-5)32-29(36)37-30(2,3)4/h7-15,24-26H,6,16-20H2,1-5H3,(H,31,34)(H,32,36). The maximum atomic E-state index is 14.1. The number of carbonyl (C=O) groups excluding carboxylic acids is 3. The van der Waals surface area contributed by atoms with Crippen molar-refractivity contribution in [1.82, 2.24) is 15.5 Å². The van der Waals surface area contributed by atoms with Gasteiger partial charge >= 0.3 is 6.09 Å². The molecule has 2 unspecified atom stereocenters. The second kappa shape index (κ2) is 13.7. The van der Waals surface area contributed by atoms with Gasteiger partial charge < -0.3 is 20.3 Å². The first-order chi connectivity index (χ1) is 18.1. The van der Waals surface area contributed by atoms with Crippen molar-refractivity contribution in [1.29, 1.82) is 0 Å². The molecule has 2 aromatic rings. The summed E-state index contributed by atoms with van der Waals surface area (Å²) in [6.45, 7) is 7.80. The number of alkyl carbamates (subject to hydrolysis) is 1. The van der Waals surface area contributed by atoms with Crippen LogP contribution in [0.15, 0.2) is 54.6 Å². The zero-order valence-corrected chi connectivity index (χ0v) is 24.0. The molecule has 1 aliphatic carbocycles. The van der Waals surface area contributed by atoms with Crippen LogP contribution in [0.4, 0.5) is 4.79 Å². The molecule has 2 N–H and O–H groups in total. The molecule has 3 amide bonds. The third kappa shape index (κ3) is 8.79. The lowest BCUT2D eigenvalue weighted by Crippen LogP contribution is -2.54. The second-order valence-corrected chi connectivity index (χ2v) is 11.6. The molecule has 3 rings (SSSR count). The van der Waals surface area contributed by atoms with E-state index in [9.17, 15) is 14.4 Å². The summed E-state index contributed by atoms with van der Waals surface area (Å²) in [5.41, 5.74) is 2.21. The van der Waals surface area contributed by atoms with Gasteiger partial charge in [-0.15, -0.1) is 0 Å². The molecule has 0 aliphatic heterocycles. The highest BCUT2D eigenvalue weighted by atomic mass is 32.2. The Bertz CT molecular complexity index is 1070. The number of hydrogen-bond donors (Lipinski definition) is 2. The van der Waals surface area contributed by atoms with Gasteiger partial charge in [0.2, 0.25) is 11.8 Å². The molecule has 8 heteroatoms. The minimum absolute atomic E-state index is 0.0574. The van der Waals surface area contributed by atoms with Crippen molar-refractivity contribution in [2.24, 2.45) is 0 Å². The highest BCUT2D eigenvalue weighted by Gasteiger charge is 2.44. The molecule has 7 nitrogen and oxygen atoms in total. The second-order valence-electron chi connectivity index (χ2n) is 10.7. The van der Waals surface area contributed by atoms with Gasteiger partial charge in [-0.25, -0.2) is 4.79 Å². The zero-order chi connectivity index (χ0) is 27.7. The average molecular weight is 540 g/mol. The molecule has 1 saturated carbocycles. The normalized spacial score (nSPS) is 14.8. The average Bonchev–Trinajstić information content (AvgIpc) is 3.72. The summed E-state index contributed by atoms with van der Waals surface area (Å²) in [4.78, 5) is 42.2.